The number of primary amides is 1. The average Bonchev–Trinajstić information content (AvgIpc) is 2.88. The lowest BCUT2D eigenvalue weighted by Gasteiger charge is -2.40. The molecule has 0 unspecified atom stereocenters. The summed E-state index contributed by atoms with van der Waals surface area (Å²) in [6.07, 6.45) is 6.37. The molecule has 1 saturated heterocycles. The van der Waals surface area contributed by atoms with Gasteiger partial charge in [0.15, 0.2) is 0 Å². The molecule has 1 fully saturated rings. The zero-order valence-electron chi connectivity index (χ0n) is 18.5. The van der Waals surface area contributed by atoms with Crippen molar-refractivity contribution in [2.75, 3.05) is 25.5 Å². The molecule has 0 spiro atoms. The highest BCUT2D eigenvalue weighted by molar-refractivity contribution is 5.97. The molecular formula is C25H27N5O3. The number of pyridine rings is 2. The Hall–Kier alpha value is -3.94. The van der Waals surface area contributed by atoms with Crippen LogP contribution in [0.2, 0.25) is 0 Å². The number of methoxy groups -OCH3 is 1. The number of carbonyl (C=O) groups excluding carboxylic acids is 2. The van der Waals surface area contributed by atoms with Crippen molar-refractivity contribution in [3.8, 4) is 5.75 Å². The summed E-state index contributed by atoms with van der Waals surface area (Å²) in [5.41, 5.74) is 7.66. The largest absolute Gasteiger partial charge is 0.495 e. The number of anilines is 1. The van der Waals surface area contributed by atoms with E-state index in [1.807, 2.05) is 18.2 Å². The molecule has 1 aliphatic heterocycles. The lowest BCUT2D eigenvalue weighted by atomic mass is 9.76. The number of nitrogens with zero attached hydrogens (tertiary/aromatic N) is 3. The van der Waals surface area contributed by atoms with Gasteiger partial charge in [0.1, 0.15) is 11.2 Å². The number of hydrogen-bond donors (Lipinski definition) is 2. The molecule has 33 heavy (non-hydrogen) atoms. The molecule has 1 aliphatic rings. The van der Waals surface area contributed by atoms with E-state index in [-0.39, 0.29) is 12.5 Å². The van der Waals surface area contributed by atoms with Gasteiger partial charge < -0.3 is 20.7 Å². The molecule has 1 atom stereocenters. The average molecular weight is 446 g/mol. The quantitative estimate of drug-likeness (QED) is 0.579. The number of nitrogens with one attached hydrogen (secondary N) is 1. The fourth-order valence-electron chi connectivity index (χ4n) is 4.27. The minimum absolute atomic E-state index is 0.164. The standard InChI is InChI=1S/C25H27N5O3/c1-33-21-9-8-19(14-20(21)29-16-18-6-4-11-27-15-18)23(31)30-13-5-10-25(17-30,24(26)32)22-7-2-3-12-28-22/h2-4,6-9,11-12,14-15,29H,5,10,13,16-17H2,1H3,(H2,26,32)/t25-/m0/s1. The van der Waals surface area contributed by atoms with Crippen molar-refractivity contribution in [1.82, 2.24) is 14.9 Å². The van der Waals surface area contributed by atoms with E-state index in [2.05, 4.69) is 15.3 Å². The number of amides is 2. The number of nitrogens with two attached hydrogens (primary N) is 1. The maximum Gasteiger partial charge on any atom is 0.253 e. The third-order valence-electron chi connectivity index (χ3n) is 6.06. The maximum absolute atomic E-state index is 13.4. The number of likely N-dealkylation sites (tertiary alicyclic amines) is 1. The van der Waals surface area contributed by atoms with Crippen molar-refractivity contribution in [2.24, 2.45) is 5.73 Å². The van der Waals surface area contributed by atoms with Crippen molar-refractivity contribution in [3.63, 3.8) is 0 Å². The molecule has 8 heteroatoms. The lowest BCUT2D eigenvalue weighted by Crippen LogP contribution is -2.55. The van der Waals surface area contributed by atoms with Gasteiger partial charge in [0.2, 0.25) is 5.91 Å². The molecule has 0 bridgehead atoms. The number of carbonyl (C=O) groups is 2. The molecule has 170 valence electrons. The van der Waals surface area contributed by atoms with Crippen molar-refractivity contribution >= 4 is 17.5 Å². The minimum atomic E-state index is -0.997. The molecule has 3 heterocycles. The van der Waals surface area contributed by atoms with E-state index in [1.165, 1.54) is 0 Å². The highest BCUT2D eigenvalue weighted by Crippen LogP contribution is 2.34. The highest BCUT2D eigenvalue weighted by Gasteiger charge is 2.44. The van der Waals surface area contributed by atoms with E-state index >= 15 is 0 Å². The van der Waals surface area contributed by atoms with Crippen LogP contribution in [0.3, 0.4) is 0 Å². The smallest absolute Gasteiger partial charge is 0.253 e. The lowest BCUT2D eigenvalue weighted by molar-refractivity contribution is -0.125. The normalized spacial score (nSPS) is 17.9. The molecule has 2 amide bonds. The van der Waals surface area contributed by atoms with Gasteiger partial charge in [0.05, 0.1) is 18.5 Å². The predicted molar refractivity (Wildman–Crippen MR) is 125 cm³/mol. The van der Waals surface area contributed by atoms with Gasteiger partial charge in [-0.15, -0.1) is 0 Å². The Labute approximate surface area is 192 Å². The van der Waals surface area contributed by atoms with Crippen molar-refractivity contribution in [3.05, 3.63) is 83.9 Å². The summed E-state index contributed by atoms with van der Waals surface area (Å²) in [5, 5.41) is 3.32. The van der Waals surface area contributed by atoms with E-state index in [1.54, 1.807) is 60.9 Å². The van der Waals surface area contributed by atoms with Crippen LogP contribution in [-0.2, 0) is 16.8 Å². The summed E-state index contributed by atoms with van der Waals surface area (Å²) < 4.78 is 5.46. The Morgan fingerprint density at radius 3 is 2.76 bits per heavy atom. The summed E-state index contributed by atoms with van der Waals surface area (Å²) >= 11 is 0. The molecule has 3 aromatic rings. The summed E-state index contributed by atoms with van der Waals surface area (Å²) in [7, 11) is 1.59. The molecule has 1 aromatic carbocycles. The van der Waals surface area contributed by atoms with Gasteiger partial charge in [-0.25, -0.2) is 0 Å². The topological polar surface area (TPSA) is 110 Å². The first kappa shape index (κ1) is 22.3. The van der Waals surface area contributed by atoms with Gasteiger partial charge >= 0.3 is 0 Å². The second-order valence-electron chi connectivity index (χ2n) is 8.12. The van der Waals surface area contributed by atoms with E-state index in [0.717, 1.165) is 5.56 Å². The summed E-state index contributed by atoms with van der Waals surface area (Å²) in [6, 6.07) is 14.5. The minimum Gasteiger partial charge on any atom is -0.495 e. The van der Waals surface area contributed by atoms with Crippen LogP contribution < -0.4 is 15.8 Å². The molecule has 2 aromatic heterocycles. The van der Waals surface area contributed by atoms with E-state index < -0.39 is 11.3 Å². The number of rotatable bonds is 7. The van der Waals surface area contributed by atoms with Crippen LogP contribution in [0, 0.1) is 0 Å². The van der Waals surface area contributed by atoms with E-state index in [9.17, 15) is 9.59 Å². The third-order valence-corrected chi connectivity index (χ3v) is 6.06. The second-order valence-corrected chi connectivity index (χ2v) is 8.12. The maximum atomic E-state index is 13.4. The molecule has 0 aliphatic carbocycles. The van der Waals surface area contributed by atoms with E-state index in [4.69, 9.17) is 10.5 Å². The first-order chi connectivity index (χ1) is 16.0. The molecule has 0 saturated carbocycles. The zero-order chi connectivity index (χ0) is 23.3. The van der Waals surface area contributed by atoms with Crippen LogP contribution >= 0.6 is 0 Å². The Kier molecular flexibility index (Phi) is 6.53. The Morgan fingerprint density at radius 1 is 1.18 bits per heavy atom. The van der Waals surface area contributed by atoms with Gasteiger partial charge in [0, 0.05) is 43.8 Å². The Morgan fingerprint density at radius 2 is 2.06 bits per heavy atom. The molecule has 3 N–H and O–H groups in total. The molecular weight excluding hydrogens is 418 g/mol. The van der Waals surface area contributed by atoms with E-state index in [0.29, 0.717) is 48.6 Å². The van der Waals surface area contributed by atoms with Crippen molar-refractivity contribution in [1.29, 1.82) is 0 Å². The number of aromatic nitrogens is 2. The third kappa shape index (κ3) is 4.64. The molecule has 4 rings (SSSR count). The highest BCUT2D eigenvalue weighted by atomic mass is 16.5. The summed E-state index contributed by atoms with van der Waals surface area (Å²) in [6.45, 7) is 1.28. The monoisotopic (exact) mass is 445 g/mol. The van der Waals surface area contributed by atoms with Crippen LogP contribution in [-0.4, -0.2) is 46.9 Å². The van der Waals surface area contributed by atoms with Crippen LogP contribution in [0.1, 0.15) is 34.5 Å². The Bertz CT molecular complexity index is 1120. The predicted octanol–water partition coefficient (Wildman–Crippen LogP) is 2.76. The van der Waals surface area contributed by atoms with Crippen LogP contribution in [0.4, 0.5) is 5.69 Å². The molecule has 0 radical (unpaired) electrons. The number of hydrogen-bond acceptors (Lipinski definition) is 6. The fraction of sp³-hybridized carbons (Fsp3) is 0.280. The van der Waals surface area contributed by atoms with Gasteiger partial charge in [0.25, 0.3) is 5.91 Å². The molecule has 8 nitrogen and oxygen atoms in total. The van der Waals surface area contributed by atoms with Crippen LogP contribution in [0.15, 0.2) is 67.1 Å². The first-order valence-corrected chi connectivity index (χ1v) is 10.8. The van der Waals surface area contributed by atoms with Crippen LogP contribution in [0.25, 0.3) is 0 Å². The number of benzene rings is 1. The summed E-state index contributed by atoms with van der Waals surface area (Å²) in [4.78, 5) is 36.2. The Balaban J connectivity index is 1.57. The number of ether oxygens (including phenoxy) is 1. The fourth-order valence-corrected chi connectivity index (χ4v) is 4.27. The zero-order valence-corrected chi connectivity index (χ0v) is 18.5. The first-order valence-electron chi connectivity index (χ1n) is 10.8. The van der Waals surface area contributed by atoms with Crippen molar-refractivity contribution in [2.45, 2.75) is 24.8 Å². The van der Waals surface area contributed by atoms with Crippen LogP contribution in [0.5, 0.6) is 5.75 Å². The SMILES string of the molecule is COc1ccc(C(=O)N2CCC[C@@](C(N)=O)(c3ccccn3)C2)cc1NCc1cccnc1. The van der Waals surface area contributed by atoms with Gasteiger partial charge in [-0.2, -0.15) is 0 Å². The summed E-state index contributed by atoms with van der Waals surface area (Å²) in [5.74, 6) is 0.00430. The number of piperidine rings is 1. The van der Waals surface area contributed by atoms with Gasteiger partial charge in [-0.05, 0) is 54.8 Å². The van der Waals surface area contributed by atoms with Crippen molar-refractivity contribution < 1.29 is 14.3 Å². The van der Waals surface area contributed by atoms with Gasteiger partial charge in [-0.3, -0.25) is 19.6 Å². The second kappa shape index (κ2) is 9.68. The van der Waals surface area contributed by atoms with Gasteiger partial charge in [-0.1, -0.05) is 12.1 Å².